The maximum atomic E-state index is 13.1. The topological polar surface area (TPSA) is 78.4 Å². The van der Waals surface area contributed by atoms with Crippen molar-refractivity contribution >= 4 is 23.5 Å². The molecule has 0 fully saturated rings. The second kappa shape index (κ2) is 8.97. The van der Waals surface area contributed by atoms with Crippen molar-refractivity contribution < 1.29 is 14.7 Å². The van der Waals surface area contributed by atoms with Crippen molar-refractivity contribution in [2.45, 2.75) is 26.2 Å². The SMILES string of the molecule is CC1=C(C(=O)O)C(c2cccc(Cl)c2)C(C(=O)NCCc2ccccc2)=C(C)N1. The molecule has 1 aliphatic heterocycles. The molecule has 0 saturated carbocycles. The van der Waals surface area contributed by atoms with Gasteiger partial charge in [-0.25, -0.2) is 4.79 Å². The average molecular weight is 411 g/mol. The molecule has 6 heteroatoms. The first-order chi connectivity index (χ1) is 13.9. The molecule has 0 saturated heterocycles. The van der Waals surface area contributed by atoms with E-state index < -0.39 is 11.9 Å². The van der Waals surface area contributed by atoms with Crippen molar-refractivity contribution in [3.05, 3.63) is 93.3 Å². The molecule has 150 valence electrons. The third kappa shape index (κ3) is 4.69. The van der Waals surface area contributed by atoms with E-state index in [1.54, 1.807) is 38.1 Å². The summed E-state index contributed by atoms with van der Waals surface area (Å²) in [6.45, 7) is 3.94. The average Bonchev–Trinajstić information content (AvgIpc) is 2.67. The summed E-state index contributed by atoms with van der Waals surface area (Å²) >= 11 is 6.15. The minimum atomic E-state index is -1.07. The van der Waals surface area contributed by atoms with Crippen molar-refractivity contribution in [1.29, 1.82) is 0 Å². The highest BCUT2D eigenvalue weighted by Crippen LogP contribution is 2.38. The van der Waals surface area contributed by atoms with Gasteiger partial charge in [-0.15, -0.1) is 0 Å². The highest BCUT2D eigenvalue weighted by atomic mass is 35.5. The number of carbonyl (C=O) groups excluding carboxylic acids is 1. The van der Waals surface area contributed by atoms with Crippen molar-refractivity contribution in [2.24, 2.45) is 0 Å². The van der Waals surface area contributed by atoms with Crippen LogP contribution in [0.3, 0.4) is 0 Å². The van der Waals surface area contributed by atoms with Crippen molar-refractivity contribution in [3.63, 3.8) is 0 Å². The zero-order chi connectivity index (χ0) is 21.0. The Morgan fingerprint density at radius 3 is 2.38 bits per heavy atom. The van der Waals surface area contributed by atoms with Gasteiger partial charge >= 0.3 is 5.97 Å². The molecule has 0 aliphatic carbocycles. The predicted molar refractivity (Wildman–Crippen MR) is 114 cm³/mol. The van der Waals surface area contributed by atoms with Gasteiger partial charge in [-0.2, -0.15) is 0 Å². The van der Waals surface area contributed by atoms with Gasteiger partial charge < -0.3 is 15.7 Å². The minimum Gasteiger partial charge on any atom is -0.478 e. The van der Waals surface area contributed by atoms with Crippen molar-refractivity contribution in [1.82, 2.24) is 10.6 Å². The summed E-state index contributed by atoms with van der Waals surface area (Å²) in [5, 5.41) is 16.3. The van der Waals surface area contributed by atoms with Gasteiger partial charge in [0.1, 0.15) is 0 Å². The Hall–Kier alpha value is -3.05. The molecular weight excluding hydrogens is 388 g/mol. The number of carbonyl (C=O) groups is 2. The monoisotopic (exact) mass is 410 g/mol. The van der Waals surface area contributed by atoms with E-state index in [0.29, 0.717) is 40.5 Å². The molecule has 1 aliphatic rings. The lowest BCUT2D eigenvalue weighted by Crippen LogP contribution is -2.36. The predicted octanol–water partition coefficient (Wildman–Crippen LogP) is 4.02. The lowest BCUT2D eigenvalue weighted by Gasteiger charge is -2.30. The number of aliphatic carboxylic acids is 1. The normalized spacial score (nSPS) is 16.4. The van der Waals surface area contributed by atoms with Crippen LogP contribution in [0.1, 0.15) is 30.9 Å². The highest BCUT2D eigenvalue weighted by molar-refractivity contribution is 6.30. The number of carboxylic acids is 1. The van der Waals surface area contributed by atoms with Gasteiger partial charge in [0, 0.05) is 28.5 Å². The summed E-state index contributed by atoms with van der Waals surface area (Å²) < 4.78 is 0. The number of benzene rings is 2. The molecule has 3 rings (SSSR count). The summed E-state index contributed by atoms with van der Waals surface area (Å²) in [5.74, 6) is -2.06. The third-order valence-corrected chi connectivity index (χ3v) is 5.19. The molecule has 29 heavy (non-hydrogen) atoms. The molecular formula is C23H23ClN2O3. The minimum absolute atomic E-state index is 0.145. The standard InChI is InChI=1S/C23H23ClN2O3/c1-14-19(22(27)25-12-11-16-7-4-3-5-8-16)21(17-9-6-10-18(24)13-17)20(23(28)29)15(2)26-14/h3-10,13,21,26H,11-12H2,1-2H3,(H,25,27)(H,28,29). The molecule has 1 heterocycles. The van der Waals surface area contributed by atoms with Gasteiger partial charge in [0.15, 0.2) is 0 Å². The Morgan fingerprint density at radius 2 is 1.72 bits per heavy atom. The number of amides is 1. The van der Waals surface area contributed by atoms with E-state index >= 15 is 0 Å². The van der Waals surface area contributed by atoms with Crippen LogP contribution in [0.25, 0.3) is 0 Å². The van der Waals surface area contributed by atoms with Crippen LogP contribution in [-0.4, -0.2) is 23.5 Å². The van der Waals surface area contributed by atoms with Crippen molar-refractivity contribution in [3.8, 4) is 0 Å². The Morgan fingerprint density at radius 1 is 1.03 bits per heavy atom. The van der Waals surface area contributed by atoms with Crippen LogP contribution in [0, 0.1) is 0 Å². The van der Waals surface area contributed by atoms with E-state index in [4.69, 9.17) is 11.6 Å². The number of allylic oxidation sites excluding steroid dienone is 2. The summed E-state index contributed by atoms with van der Waals surface area (Å²) in [7, 11) is 0. The number of hydrogen-bond donors (Lipinski definition) is 3. The van der Waals surface area contributed by atoms with E-state index in [2.05, 4.69) is 10.6 Å². The first kappa shape index (κ1) is 20.7. The van der Waals surface area contributed by atoms with Crippen LogP contribution in [0.4, 0.5) is 0 Å². The Balaban J connectivity index is 1.90. The lowest BCUT2D eigenvalue weighted by molar-refractivity contribution is -0.133. The fraction of sp³-hybridized carbons (Fsp3) is 0.217. The Bertz CT molecular complexity index is 996. The molecule has 2 aromatic rings. The Labute approximate surface area is 175 Å². The van der Waals surface area contributed by atoms with Gasteiger partial charge in [0.05, 0.1) is 11.5 Å². The van der Waals surface area contributed by atoms with E-state index in [-0.39, 0.29) is 11.5 Å². The third-order valence-electron chi connectivity index (χ3n) is 4.96. The molecule has 1 unspecified atom stereocenters. The first-order valence-corrected chi connectivity index (χ1v) is 9.75. The second-order valence-electron chi connectivity index (χ2n) is 6.99. The lowest BCUT2D eigenvalue weighted by atomic mass is 9.80. The number of carboxylic acid groups (broad SMARTS) is 1. The maximum absolute atomic E-state index is 13.1. The van der Waals surface area contributed by atoms with E-state index in [0.717, 1.165) is 5.56 Å². The highest BCUT2D eigenvalue weighted by Gasteiger charge is 2.36. The second-order valence-corrected chi connectivity index (χ2v) is 7.42. The fourth-order valence-corrected chi connectivity index (χ4v) is 3.86. The number of rotatable bonds is 6. The van der Waals surface area contributed by atoms with E-state index in [1.807, 2.05) is 30.3 Å². The molecule has 3 N–H and O–H groups in total. The Kier molecular flexibility index (Phi) is 6.39. The molecule has 0 spiro atoms. The zero-order valence-corrected chi connectivity index (χ0v) is 17.1. The molecule has 0 aromatic heterocycles. The zero-order valence-electron chi connectivity index (χ0n) is 16.3. The number of dihydropyridines is 1. The quantitative estimate of drug-likeness (QED) is 0.672. The van der Waals surface area contributed by atoms with Crippen molar-refractivity contribution in [2.75, 3.05) is 6.54 Å². The van der Waals surface area contributed by atoms with Crippen LogP contribution in [0.15, 0.2) is 77.1 Å². The fourth-order valence-electron chi connectivity index (χ4n) is 3.66. The molecule has 2 aromatic carbocycles. The van der Waals surface area contributed by atoms with E-state index in [9.17, 15) is 14.7 Å². The van der Waals surface area contributed by atoms with Crippen LogP contribution < -0.4 is 10.6 Å². The van der Waals surface area contributed by atoms with Gasteiger partial charge in [-0.3, -0.25) is 4.79 Å². The van der Waals surface area contributed by atoms with Crippen LogP contribution in [0.2, 0.25) is 5.02 Å². The molecule has 1 atom stereocenters. The van der Waals surface area contributed by atoms with Crippen LogP contribution >= 0.6 is 11.6 Å². The molecule has 1 amide bonds. The summed E-state index contributed by atoms with van der Waals surface area (Å²) in [6, 6.07) is 16.8. The number of hydrogen-bond acceptors (Lipinski definition) is 3. The number of halogens is 1. The first-order valence-electron chi connectivity index (χ1n) is 9.38. The summed E-state index contributed by atoms with van der Waals surface area (Å²) in [6.07, 6.45) is 0.689. The summed E-state index contributed by atoms with van der Waals surface area (Å²) in [5.41, 5.74) is 3.47. The maximum Gasteiger partial charge on any atom is 0.334 e. The van der Waals surface area contributed by atoms with Crippen LogP contribution in [-0.2, 0) is 16.0 Å². The molecule has 0 radical (unpaired) electrons. The molecule has 0 bridgehead atoms. The molecule has 5 nitrogen and oxygen atoms in total. The smallest absolute Gasteiger partial charge is 0.334 e. The van der Waals surface area contributed by atoms with Gasteiger partial charge in [-0.1, -0.05) is 54.1 Å². The number of nitrogens with one attached hydrogen (secondary N) is 2. The van der Waals surface area contributed by atoms with Crippen LogP contribution in [0.5, 0.6) is 0 Å². The van der Waals surface area contributed by atoms with E-state index in [1.165, 1.54) is 0 Å². The van der Waals surface area contributed by atoms with Gasteiger partial charge in [0.25, 0.3) is 0 Å². The summed E-state index contributed by atoms with van der Waals surface area (Å²) in [4.78, 5) is 25.1. The van der Waals surface area contributed by atoms with Gasteiger partial charge in [-0.05, 0) is 43.5 Å². The largest absolute Gasteiger partial charge is 0.478 e. The van der Waals surface area contributed by atoms with Gasteiger partial charge in [0.2, 0.25) is 5.91 Å².